The standard InChI is InChI=1S/C21H23N7O2/c1-16-11-21(30)28(15-24-16)13-20(29)25-18-12-19(23-14-22-18)27-9-7-26(8-10-27)17-5-3-2-4-6-17/h2-6,11-12,14-15H,7-10,13H2,1H3,(H,22,23,25,29). The lowest BCUT2D eigenvalue weighted by molar-refractivity contribution is -0.116. The lowest BCUT2D eigenvalue weighted by Gasteiger charge is -2.36. The first-order valence-electron chi connectivity index (χ1n) is 9.78. The Labute approximate surface area is 174 Å². The van der Waals surface area contributed by atoms with Crippen molar-refractivity contribution < 1.29 is 4.79 Å². The molecule has 1 saturated heterocycles. The van der Waals surface area contributed by atoms with Crippen molar-refractivity contribution in [3.8, 4) is 0 Å². The van der Waals surface area contributed by atoms with E-state index >= 15 is 0 Å². The van der Waals surface area contributed by atoms with E-state index in [-0.39, 0.29) is 18.0 Å². The minimum absolute atomic E-state index is 0.124. The van der Waals surface area contributed by atoms with Crippen LogP contribution in [-0.2, 0) is 11.3 Å². The molecular weight excluding hydrogens is 382 g/mol. The average Bonchev–Trinajstić information content (AvgIpc) is 2.77. The van der Waals surface area contributed by atoms with Crippen LogP contribution in [0.5, 0.6) is 0 Å². The third-order valence-electron chi connectivity index (χ3n) is 4.98. The second-order valence-corrected chi connectivity index (χ2v) is 7.12. The zero-order chi connectivity index (χ0) is 20.9. The van der Waals surface area contributed by atoms with Crippen molar-refractivity contribution in [1.82, 2.24) is 19.5 Å². The first kappa shape index (κ1) is 19.6. The highest BCUT2D eigenvalue weighted by molar-refractivity contribution is 5.89. The molecule has 1 fully saturated rings. The van der Waals surface area contributed by atoms with E-state index in [1.54, 1.807) is 13.0 Å². The molecule has 0 radical (unpaired) electrons. The van der Waals surface area contributed by atoms with Gasteiger partial charge in [-0.05, 0) is 19.1 Å². The van der Waals surface area contributed by atoms with Gasteiger partial charge in [0.15, 0.2) is 0 Å². The third-order valence-corrected chi connectivity index (χ3v) is 4.98. The lowest BCUT2D eigenvalue weighted by Crippen LogP contribution is -2.46. The molecule has 0 aliphatic carbocycles. The van der Waals surface area contributed by atoms with Crippen LogP contribution in [0.25, 0.3) is 0 Å². The number of hydrogen-bond acceptors (Lipinski definition) is 7. The Balaban J connectivity index is 1.37. The van der Waals surface area contributed by atoms with Crippen molar-refractivity contribution in [3.05, 3.63) is 71.2 Å². The summed E-state index contributed by atoms with van der Waals surface area (Å²) >= 11 is 0. The van der Waals surface area contributed by atoms with Gasteiger partial charge in [0.1, 0.15) is 24.5 Å². The molecule has 1 aliphatic rings. The van der Waals surface area contributed by atoms with Crippen molar-refractivity contribution in [2.45, 2.75) is 13.5 Å². The number of para-hydroxylation sites is 1. The molecule has 0 saturated carbocycles. The molecule has 9 heteroatoms. The minimum Gasteiger partial charge on any atom is -0.368 e. The zero-order valence-electron chi connectivity index (χ0n) is 16.7. The Kier molecular flexibility index (Phi) is 5.69. The summed E-state index contributed by atoms with van der Waals surface area (Å²) in [5.41, 5.74) is 1.57. The first-order chi connectivity index (χ1) is 14.6. The van der Waals surface area contributed by atoms with Gasteiger partial charge in [0.2, 0.25) is 5.91 Å². The molecular formula is C21H23N7O2. The number of benzene rings is 1. The number of hydrogen-bond donors (Lipinski definition) is 1. The van der Waals surface area contributed by atoms with E-state index < -0.39 is 0 Å². The Morgan fingerprint density at radius 3 is 2.47 bits per heavy atom. The van der Waals surface area contributed by atoms with Crippen molar-refractivity contribution in [1.29, 1.82) is 0 Å². The van der Waals surface area contributed by atoms with Gasteiger partial charge >= 0.3 is 0 Å². The molecule has 1 aliphatic heterocycles. The number of rotatable bonds is 5. The summed E-state index contributed by atoms with van der Waals surface area (Å²) in [4.78, 5) is 41.3. The number of nitrogens with zero attached hydrogens (tertiary/aromatic N) is 6. The largest absolute Gasteiger partial charge is 0.368 e. The van der Waals surface area contributed by atoms with Crippen molar-refractivity contribution >= 4 is 23.2 Å². The summed E-state index contributed by atoms with van der Waals surface area (Å²) < 4.78 is 1.26. The van der Waals surface area contributed by atoms with Gasteiger partial charge < -0.3 is 15.1 Å². The first-order valence-corrected chi connectivity index (χ1v) is 9.78. The lowest BCUT2D eigenvalue weighted by atomic mass is 10.2. The van der Waals surface area contributed by atoms with Gasteiger partial charge in [0, 0.05) is 49.7 Å². The monoisotopic (exact) mass is 405 g/mol. The predicted octanol–water partition coefficient (Wildman–Crippen LogP) is 1.31. The summed E-state index contributed by atoms with van der Waals surface area (Å²) in [6.07, 6.45) is 2.81. The van der Waals surface area contributed by atoms with Crippen LogP contribution < -0.4 is 20.7 Å². The van der Waals surface area contributed by atoms with Gasteiger partial charge in [-0.15, -0.1) is 0 Å². The summed E-state index contributed by atoms with van der Waals surface area (Å²) in [5.74, 6) is 0.826. The topological polar surface area (TPSA) is 96.2 Å². The quantitative estimate of drug-likeness (QED) is 0.684. The SMILES string of the molecule is Cc1cc(=O)n(CC(=O)Nc2cc(N3CCN(c4ccccc4)CC3)ncn2)cn1. The van der Waals surface area contributed by atoms with Gasteiger partial charge in [-0.3, -0.25) is 14.2 Å². The number of amides is 1. The molecule has 154 valence electrons. The van der Waals surface area contributed by atoms with E-state index in [9.17, 15) is 9.59 Å². The average molecular weight is 405 g/mol. The van der Waals surface area contributed by atoms with E-state index in [1.165, 1.54) is 29.0 Å². The van der Waals surface area contributed by atoms with Crippen LogP contribution in [0.3, 0.4) is 0 Å². The number of carbonyl (C=O) groups excluding carboxylic acids is 1. The van der Waals surface area contributed by atoms with E-state index in [4.69, 9.17) is 0 Å². The van der Waals surface area contributed by atoms with Crippen LogP contribution in [0, 0.1) is 6.92 Å². The highest BCUT2D eigenvalue weighted by atomic mass is 16.2. The molecule has 1 amide bonds. The van der Waals surface area contributed by atoms with Crippen LogP contribution in [0.15, 0.2) is 59.9 Å². The number of aromatic nitrogens is 4. The second kappa shape index (κ2) is 8.73. The molecule has 1 N–H and O–H groups in total. The van der Waals surface area contributed by atoms with Gasteiger partial charge in [0.25, 0.3) is 5.56 Å². The molecule has 0 atom stereocenters. The second-order valence-electron chi connectivity index (χ2n) is 7.12. The maximum atomic E-state index is 12.3. The molecule has 0 unspecified atom stereocenters. The van der Waals surface area contributed by atoms with Gasteiger partial charge in [-0.1, -0.05) is 18.2 Å². The van der Waals surface area contributed by atoms with Crippen LogP contribution in [0.1, 0.15) is 5.69 Å². The number of carbonyl (C=O) groups is 1. The summed E-state index contributed by atoms with van der Waals surface area (Å²) in [6, 6.07) is 13.5. The fourth-order valence-electron chi connectivity index (χ4n) is 3.39. The molecule has 30 heavy (non-hydrogen) atoms. The highest BCUT2D eigenvalue weighted by Gasteiger charge is 2.19. The molecule has 1 aromatic carbocycles. The summed E-state index contributed by atoms with van der Waals surface area (Å²) in [7, 11) is 0. The number of anilines is 3. The van der Waals surface area contributed by atoms with E-state index in [1.807, 2.05) is 18.2 Å². The molecule has 9 nitrogen and oxygen atoms in total. The Hall–Kier alpha value is -3.75. The van der Waals surface area contributed by atoms with Crippen LogP contribution in [-0.4, -0.2) is 51.6 Å². The molecule has 4 rings (SSSR count). The summed E-state index contributed by atoms with van der Waals surface area (Å²) in [5, 5.41) is 2.73. The Morgan fingerprint density at radius 2 is 1.73 bits per heavy atom. The zero-order valence-corrected chi connectivity index (χ0v) is 16.7. The van der Waals surface area contributed by atoms with E-state index in [0.29, 0.717) is 11.5 Å². The van der Waals surface area contributed by atoms with Crippen LogP contribution >= 0.6 is 0 Å². The Morgan fingerprint density at radius 1 is 1.00 bits per heavy atom. The molecule has 3 aromatic rings. The van der Waals surface area contributed by atoms with Gasteiger partial charge in [0.05, 0.1) is 6.33 Å². The van der Waals surface area contributed by atoms with E-state index in [2.05, 4.69) is 42.2 Å². The fraction of sp³-hybridized carbons (Fsp3) is 0.286. The normalized spacial score (nSPS) is 13.9. The minimum atomic E-state index is -0.346. The maximum absolute atomic E-state index is 12.3. The Bertz CT molecular complexity index is 1080. The number of aryl methyl sites for hydroxylation is 1. The van der Waals surface area contributed by atoms with Gasteiger partial charge in [-0.25, -0.2) is 15.0 Å². The number of nitrogens with one attached hydrogen (secondary N) is 1. The molecule has 3 heterocycles. The molecule has 0 bridgehead atoms. The summed E-state index contributed by atoms with van der Waals surface area (Å²) in [6.45, 7) is 5.03. The van der Waals surface area contributed by atoms with Crippen molar-refractivity contribution in [3.63, 3.8) is 0 Å². The van der Waals surface area contributed by atoms with E-state index in [0.717, 1.165) is 32.0 Å². The molecule has 0 spiro atoms. The predicted molar refractivity (Wildman–Crippen MR) is 115 cm³/mol. The van der Waals surface area contributed by atoms with Crippen molar-refractivity contribution in [2.75, 3.05) is 41.3 Å². The van der Waals surface area contributed by atoms with Crippen molar-refractivity contribution in [2.24, 2.45) is 0 Å². The maximum Gasteiger partial charge on any atom is 0.253 e. The molecule has 2 aromatic heterocycles. The highest BCUT2D eigenvalue weighted by Crippen LogP contribution is 2.20. The number of piperazine rings is 1. The van der Waals surface area contributed by atoms with Crippen LogP contribution in [0.4, 0.5) is 17.3 Å². The smallest absolute Gasteiger partial charge is 0.253 e. The van der Waals surface area contributed by atoms with Crippen LogP contribution in [0.2, 0.25) is 0 Å². The fourth-order valence-corrected chi connectivity index (χ4v) is 3.39. The van der Waals surface area contributed by atoms with Gasteiger partial charge in [-0.2, -0.15) is 0 Å². The third kappa shape index (κ3) is 4.62.